The number of fused-ring (bicyclic) bond motifs is 1. The highest BCUT2D eigenvalue weighted by Crippen LogP contribution is 2.35. The van der Waals surface area contributed by atoms with E-state index in [1.807, 2.05) is 6.07 Å². The molecule has 1 aromatic heterocycles. The molecule has 0 aliphatic heterocycles. The zero-order valence-corrected chi connectivity index (χ0v) is 11.9. The van der Waals surface area contributed by atoms with Gasteiger partial charge in [-0.1, -0.05) is 11.6 Å². The van der Waals surface area contributed by atoms with E-state index >= 15 is 0 Å². The van der Waals surface area contributed by atoms with Crippen molar-refractivity contribution in [1.82, 2.24) is 5.16 Å². The Labute approximate surface area is 122 Å². The summed E-state index contributed by atoms with van der Waals surface area (Å²) in [5.74, 6) is -0.578. The van der Waals surface area contributed by atoms with E-state index < -0.39 is 5.97 Å². The summed E-state index contributed by atoms with van der Waals surface area (Å²) in [4.78, 5) is 10.9. The number of ether oxygens (including phenoxy) is 1. The van der Waals surface area contributed by atoms with Crippen LogP contribution in [0.25, 0.3) is 11.3 Å². The number of aromatic nitrogens is 1. The molecule has 1 aromatic carbocycles. The average Bonchev–Trinajstić information content (AvgIpc) is 2.86. The molecule has 0 fully saturated rings. The van der Waals surface area contributed by atoms with Crippen LogP contribution in [0.5, 0.6) is 5.75 Å². The number of carboxylic acid groups (broad SMARTS) is 1. The topological polar surface area (TPSA) is 72.6 Å². The first-order valence-corrected chi connectivity index (χ1v) is 7.09. The number of carbonyl (C=O) groups is 1. The quantitative estimate of drug-likeness (QED) is 0.877. The van der Waals surface area contributed by atoms with Crippen LogP contribution in [0.2, 0.25) is 0 Å². The van der Waals surface area contributed by atoms with Crippen molar-refractivity contribution in [3.63, 3.8) is 0 Å². The van der Waals surface area contributed by atoms with Crippen LogP contribution >= 0.6 is 0 Å². The van der Waals surface area contributed by atoms with E-state index in [0.29, 0.717) is 11.4 Å². The van der Waals surface area contributed by atoms with Crippen LogP contribution < -0.4 is 4.74 Å². The molecule has 1 heterocycles. The van der Waals surface area contributed by atoms with Gasteiger partial charge in [-0.15, -0.1) is 0 Å². The van der Waals surface area contributed by atoms with Crippen LogP contribution in [0, 0.1) is 0 Å². The highest BCUT2D eigenvalue weighted by atomic mass is 16.5. The SMILES string of the molecule is COc1cc2c(cc1-c1cc(C(=O)O)on1)CCCCC2. The minimum Gasteiger partial charge on any atom is -0.496 e. The van der Waals surface area contributed by atoms with Gasteiger partial charge in [0, 0.05) is 11.6 Å². The predicted octanol–water partition coefficient (Wildman–Crippen LogP) is 3.32. The zero-order chi connectivity index (χ0) is 14.8. The fourth-order valence-corrected chi connectivity index (χ4v) is 2.81. The van der Waals surface area contributed by atoms with Crippen LogP contribution in [-0.2, 0) is 12.8 Å². The third-order valence-electron chi connectivity index (χ3n) is 3.91. The second-order valence-electron chi connectivity index (χ2n) is 5.26. The van der Waals surface area contributed by atoms with Gasteiger partial charge in [0.15, 0.2) is 0 Å². The Kier molecular flexibility index (Phi) is 3.64. The lowest BCUT2D eigenvalue weighted by Crippen LogP contribution is -1.96. The van der Waals surface area contributed by atoms with Crippen LogP contribution in [0.3, 0.4) is 0 Å². The molecule has 5 nitrogen and oxygen atoms in total. The van der Waals surface area contributed by atoms with E-state index in [0.717, 1.165) is 18.4 Å². The summed E-state index contributed by atoms with van der Waals surface area (Å²) in [6.07, 6.45) is 5.71. The Hall–Kier alpha value is -2.30. The van der Waals surface area contributed by atoms with Gasteiger partial charge in [0.25, 0.3) is 0 Å². The Bertz CT molecular complexity index is 675. The van der Waals surface area contributed by atoms with Gasteiger partial charge in [0.2, 0.25) is 5.76 Å². The monoisotopic (exact) mass is 287 g/mol. The summed E-state index contributed by atoms with van der Waals surface area (Å²) < 4.78 is 10.3. The Balaban J connectivity index is 2.07. The van der Waals surface area contributed by atoms with E-state index in [-0.39, 0.29) is 5.76 Å². The molecule has 2 aromatic rings. The molecule has 0 unspecified atom stereocenters. The minimum absolute atomic E-state index is 0.165. The van der Waals surface area contributed by atoms with Crippen LogP contribution in [0.15, 0.2) is 22.7 Å². The molecular formula is C16H17NO4. The molecular weight excluding hydrogens is 270 g/mol. The summed E-state index contributed by atoms with van der Waals surface area (Å²) >= 11 is 0. The van der Waals surface area contributed by atoms with Crippen molar-refractivity contribution in [2.24, 2.45) is 0 Å². The summed E-state index contributed by atoms with van der Waals surface area (Å²) in [5.41, 5.74) is 3.89. The van der Waals surface area contributed by atoms with Gasteiger partial charge in [0.1, 0.15) is 11.4 Å². The second kappa shape index (κ2) is 5.60. The molecule has 1 aliphatic carbocycles. The van der Waals surface area contributed by atoms with Crippen molar-refractivity contribution in [1.29, 1.82) is 0 Å². The number of aryl methyl sites for hydroxylation is 2. The Morgan fingerprint density at radius 1 is 1.19 bits per heavy atom. The number of nitrogens with zero attached hydrogens (tertiary/aromatic N) is 1. The molecule has 21 heavy (non-hydrogen) atoms. The number of aromatic carboxylic acids is 1. The number of carboxylic acids is 1. The number of hydrogen-bond acceptors (Lipinski definition) is 4. The molecule has 1 aliphatic rings. The van der Waals surface area contributed by atoms with Gasteiger partial charge in [-0.2, -0.15) is 0 Å². The number of methoxy groups -OCH3 is 1. The Morgan fingerprint density at radius 3 is 2.52 bits per heavy atom. The molecule has 3 rings (SSSR count). The van der Waals surface area contributed by atoms with E-state index in [9.17, 15) is 4.79 Å². The number of hydrogen-bond donors (Lipinski definition) is 1. The van der Waals surface area contributed by atoms with Crippen molar-refractivity contribution in [3.8, 4) is 17.0 Å². The molecule has 110 valence electrons. The molecule has 1 N–H and O–H groups in total. The van der Waals surface area contributed by atoms with Crippen molar-refractivity contribution in [2.75, 3.05) is 7.11 Å². The molecule has 0 radical (unpaired) electrons. The molecule has 5 heteroatoms. The molecule has 0 bridgehead atoms. The summed E-state index contributed by atoms with van der Waals surface area (Å²) in [6, 6.07) is 5.54. The van der Waals surface area contributed by atoms with E-state index in [4.69, 9.17) is 14.4 Å². The lowest BCUT2D eigenvalue weighted by atomic mass is 9.97. The summed E-state index contributed by atoms with van der Waals surface area (Å²) in [5, 5.41) is 12.8. The fourth-order valence-electron chi connectivity index (χ4n) is 2.81. The van der Waals surface area contributed by atoms with E-state index in [2.05, 4.69) is 11.2 Å². The van der Waals surface area contributed by atoms with Crippen molar-refractivity contribution >= 4 is 5.97 Å². The second-order valence-corrected chi connectivity index (χ2v) is 5.26. The average molecular weight is 287 g/mol. The van der Waals surface area contributed by atoms with E-state index in [1.165, 1.54) is 36.5 Å². The first kappa shape index (κ1) is 13.7. The first-order chi connectivity index (χ1) is 10.2. The maximum absolute atomic E-state index is 10.9. The van der Waals surface area contributed by atoms with Crippen LogP contribution in [0.4, 0.5) is 0 Å². The molecule has 0 spiro atoms. The number of rotatable bonds is 3. The fraction of sp³-hybridized carbons (Fsp3) is 0.375. The zero-order valence-electron chi connectivity index (χ0n) is 11.9. The third kappa shape index (κ3) is 2.63. The van der Waals surface area contributed by atoms with Crippen molar-refractivity contribution < 1.29 is 19.2 Å². The summed E-state index contributed by atoms with van der Waals surface area (Å²) in [7, 11) is 1.61. The largest absolute Gasteiger partial charge is 0.496 e. The Morgan fingerprint density at radius 2 is 1.90 bits per heavy atom. The normalized spacial score (nSPS) is 14.3. The minimum atomic E-state index is -1.12. The molecule has 0 atom stereocenters. The highest BCUT2D eigenvalue weighted by Gasteiger charge is 2.18. The predicted molar refractivity (Wildman–Crippen MR) is 76.7 cm³/mol. The lowest BCUT2D eigenvalue weighted by molar-refractivity contribution is 0.0652. The highest BCUT2D eigenvalue weighted by molar-refractivity contribution is 5.86. The maximum atomic E-state index is 10.9. The van der Waals surface area contributed by atoms with Gasteiger partial charge in [-0.25, -0.2) is 4.79 Å². The van der Waals surface area contributed by atoms with E-state index in [1.54, 1.807) is 7.11 Å². The van der Waals surface area contributed by atoms with Gasteiger partial charge in [-0.05, 0) is 48.9 Å². The molecule has 0 saturated carbocycles. The number of benzene rings is 1. The lowest BCUT2D eigenvalue weighted by Gasteiger charge is -2.12. The molecule has 0 saturated heterocycles. The van der Waals surface area contributed by atoms with Crippen molar-refractivity contribution in [2.45, 2.75) is 32.1 Å². The standard InChI is InChI=1S/C16H17NO4/c1-20-14-8-11-6-4-2-3-5-10(11)7-12(14)13-9-15(16(18)19)21-17-13/h7-9H,2-6H2,1H3,(H,18,19). The van der Waals surface area contributed by atoms with Gasteiger partial charge in [-0.3, -0.25) is 0 Å². The third-order valence-corrected chi connectivity index (χ3v) is 3.91. The van der Waals surface area contributed by atoms with Gasteiger partial charge >= 0.3 is 5.97 Å². The van der Waals surface area contributed by atoms with Gasteiger partial charge in [0.05, 0.1) is 7.11 Å². The maximum Gasteiger partial charge on any atom is 0.374 e. The summed E-state index contributed by atoms with van der Waals surface area (Å²) in [6.45, 7) is 0. The molecule has 0 amide bonds. The van der Waals surface area contributed by atoms with Crippen LogP contribution in [0.1, 0.15) is 40.9 Å². The van der Waals surface area contributed by atoms with Gasteiger partial charge < -0.3 is 14.4 Å². The first-order valence-electron chi connectivity index (χ1n) is 7.09. The van der Waals surface area contributed by atoms with Crippen LogP contribution in [-0.4, -0.2) is 23.3 Å². The smallest absolute Gasteiger partial charge is 0.374 e. The van der Waals surface area contributed by atoms with Crippen molar-refractivity contribution in [3.05, 3.63) is 35.1 Å².